The Kier molecular flexibility index (Phi) is 9.77. The van der Waals surface area contributed by atoms with Crippen LogP contribution in [0, 0.1) is 6.92 Å². The number of hydrogen-bond donors (Lipinski definition) is 1. The second-order valence-electron chi connectivity index (χ2n) is 9.99. The van der Waals surface area contributed by atoms with Crippen LogP contribution in [0.4, 0.5) is 5.69 Å². The number of carbonyl (C=O) groups excluding carboxylic acids is 2. The monoisotopic (exact) mass is 601 g/mol. The molecule has 7 nitrogen and oxygen atoms in total. The van der Waals surface area contributed by atoms with Gasteiger partial charge in [-0.15, -0.1) is 0 Å². The molecule has 2 amide bonds. The van der Waals surface area contributed by atoms with E-state index in [4.69, 9.17) is 23.2 Å². The average molecular weight is 603 g/mol. The Morgan fingerprint density at radius 3 is 2.23 bits per heavy atom. The van der Waals surface area contributed by atoms with Crippen LogP contribution in [-0.4, -0.2) is 43.8 Å². The molecule has 1 atom stereocenters. The van der Waals surface area contributed by atoms with Gasteiger partial charge in [0.05, 0.1) is 10.6 Å². The fourth-order valence-electron chi connectivity index (χ4n) is 4.88. The first-order valence-electron chi connectivity index (χ1n) is 13.3. The zero-order valence-corrected chi connectivity index (χ0v) is 24.8. The van der Waals surface area contributed by atoms with Gasteiger partial charge in [0.15, 0.2) is 0 Å². The van der Waals surface area contributed by atoms with E-state index >= 15 is 0 Å². The molecule has 0 spiro atoms. The summed E-state index contributed by atoms with van der Waals surface area (Å²) in [6.07, 6.45) is 3.89. The maximum atomic E-state index is 14.1. The topological polar surface area (TPSA) is 86.8 Å². The molecule has 3 aromatic carbocycles. The minimum absolute atomic E-state index is 0.0332. The molecule has 0 saturated heterocycles. The molecule has 1 saturated carbocycles. The van der Waals surface area contributed by atoms with Crippen molar-refractivity contribution in [1.29, 1.82) is 0 Å². The predicted molar refractivity (Wildman–Crippen MR) is 159 cm³/mol. The van der Waals surface area contributed by atoms with Crippen LogP contribution in [0.1, 0.15) is 43.7 Å². The Morgan fingerprint density at radius 2 is 1.55 bits per heavy atom. The smallest absolute Gasteiger partial charge is 0.264 e. The third-order valence-corrected chi connectivity index (χ3v) is 9.84. The lowest BCUT2D eigenvalue weighted by Crippen LogP contribution is -2.52. The molecule has 1 aliphatic rings. The van der Waals surface area contributed by atoms with Gasteiger partial charge in [-0.3, -0.25) is 13.9 Å². The quantitative estimate of drug-likeness (QED) is 0.310. The number of anilines is 1. The summed E-state index contributed by atoms with van der Waals surface area (Å²) in [7, 11) is -4.17. The minimum atomic E-state index is -4.17. The third kappa shape index (κ3) is 6.79. The van der Waals surface area contributed by atoms with Gasteiger partial charge in [-0.05, 0) is 68.1 Å². The van der Waals surface area contributed by atoms with E-state index in [9.17, 15) is 18.0 Å². The van der Waals surface area contributed by atoms with Crippen LogP contribution in [0.25, 0.3) is 0 Å². The van der Waals surface area contributed by atoms with Gasteiger partial charge in [0.1, 0.15) is 12.6 Å². The molecule has 0 aliphatic heterocycles. The van der Waals surface area contributed by atoms with Crippen LogP contribution >= 0.6 is 23.2 Å². The number of hydrogen-bond acceptors (Lipinski definition) is 4. The van der Waals surface area contributed by atoms with E-state index in [1.807, 2.05) is 0 Å². The van der Waals surface area contributed by atoms with Crippen molar-refractivity contribution in [2.75, 3.05) is 10.8 Å². The van der Waals surface area contributed by atoms with Gasteiger partial charge < -0.3 is 10.2 Å². The summed E-state index contributed by atoms with van der Waals surface area (Å²) >= 11 is 12.8. The molecule has 3 aromatic rings. The number of amides is 2. The lowest BCUT2D eigenvalue weighted by Gasteiger charge is -2.33. The van der Waals surface area contributed by atoms with Gasteiger partial charge in [-0.25, -0.2) is 8.42 Å². The second-order valence-corrected chi connectivity index (χ2v) is 12.7. The number of sulfonamides is 1. The Labute approximate surface area is 246 Å². The largest absolute Gasteiger partial charge is 0.352 e. The lowest BCUT2D eigenvalue weighted by atomic mass is 10.1. The van der Waals surface area contributed by atoms with Crippen molar-refractivity contribution in [3.05, 3.63) is 94.0 Å². The number of benzene rings is 3. The van der Waals surface area contributed by atoms with E-state index in [1.165, 1.54) is 17.0 Å². The summed E-state index contributed by atoms with van der Waals surface area (Å²) in [5.74, 6) is -0.837. The molecule has 0 unspecified atom stereocenters. The number of nitrogens with zero attached hydrogens (tertiary/aromatic N) is 2. The molecule has 0 bridgehead atoms. The molecule has 1 N–H and O–H groups in total. The molecule has 4 rings (SSSR count). The number of rotatable bonds is 10. The highest BCUT2D eigenvalue weighted by atomic mass is 35.5. The first-order valence-corrected chi connectivity index (χ1v) is 15.5. The Balaban J connectivity index is 1.72. The zero-order valence-electron chi connectivity index (χ0n) is 22.5. The number of nitrogens with one attached hydrogen (secondary N) is 1. The summed E-state index contributed by atoms with van der Waals surface area (Å²) < 4.78 is 28.9. The van der Waals surface area contributed by atoms with Crippen LogP contribution in [0.2, 0.25) is 10.0 Å². The molecule has 0 heterocycles. The fourth-order valence-corrected chi connectivity index (χ4v) is 6.74. The van der Waals surface area contributed by atoms with E-state index < -0.39 is 28.5 Å². The van der Waals surface area contributed by atoms with E-state index in [2.05, 4.69) is 5.32 Å². The summed E-state index contributed by atoms with van der Waals surface area (Å²) in [4.78, 5) is 28.8. The molecule has 1 fully saturated rings. The standard InChI is InChI=1S/C30H33Cl2N3O4S/c1-21-26(31)17-10-18-28(21)35(40(38,39)25-14-4-3-5-15-25)20-29(36)34(19-23-11-6-9-16-27(23)32)22(2)30(37)33-24-12-7-8-13-24/h3-6,9-11,14-18,22,24H,7-8,12-13,19-20H2,1-2H3,(H,33,37)/t22-/m0/s1. The molecular weight excluding hydrogens is 569 g/mol. The highest BCUT2D eigenvalue weighted by Gasteiger charge is 2.34. The van der Waals surface area contributed by atoms with Gasteiger partial charge in [0, 0.05) is 22.6 Å². The highest BCUT2D eigenvalue weighted by molar-refractivity contribution is 7.92. The van der Waals surface area contributed by atoms with Gasteiger partial charge in [0.25, 0.3) is 10.0 Å². The highest BCUT2D eigenvalue weighted by Crippen LogP contribution is 2.31. The molecule has 212 valence electrons. The maximum Gasteiger partial charge on any atom is 0.264 e. The van der Waals surface area contributed by atoms with Gasteiger partial charge >= 0.3 is 0 Å². The number of carbonyl (C=O) groups is 2. The molecule has 40 heavy (non-hydrogen) atoms. The van der Waals surface area contributed by atoms with E-state index in [0.29, 0.717) is 21.2 Å². The van der Waals surface area contributed by atoms with E-state index in [-0.39, 0.29) is 29.1 Å². The predicted octanol–water partition coefficient (Wildman–Crippen LogP) is 5.97. The first kappa shape index (κ1) is 29.9. The normalized spacial score (nSPS) is 14.5. The van der Waals surface area contributed by atoms with Crippen molar-refractivity contribution < 1.29 is 18.0 Å². The Hall–Kier alpha value is -3.07. The van der Waals surface area contributed by atoms with Gasteiger partial charge in [-0.2, -0.15) is 0 Å². The van der Waals surface area contributed by atoms with Crippen molar-refractivity contribution in [1.82, 2.24) is 10.2 Å². The average Bonchev–Trinajstić information content (AvgIpc) is 3.46. The molecule has 1 aliphatic carbocycles. The van der Waals surface area contributed by atoms with Crippen molar-refractivity contribution >= 4 is 50.7 Å². The summed E-state index contributed by atoms with van der Waals surface area (Å²) in [6, 6.07) is 19.1. The van der Waals surface area contributed by atoms with Crippen LogP contribution in [0.3, 0.4) is 0 Å². The van der Waals surface area contributed by atoms with Crippen molar-refractivity contribution in [2.24, 2.45) is 0 Å². The van der Waals surface area contributed by atoms with Crippen molar-refractivity contribution in [3.63, 3.8) is 0 Å². The third-order valence-electron chi connectivity index (χ3n) is 7.29. The maximum absolute atomic E-state index is 14.1. The summed E-state index contributed by atoms with van der Waals surface area (Å²) in [5, 5.41) is 3.88. The lowest BCUT2D eigenvalue weighted by molar-refractivity contribution is -0.139. The van der Waals surface area contributed by atoms with Gasteiger partial charge in [0.2, 0.25) is 11.8 Å². The second kappa shape index (κ2) is 13.1. The number of halogens is 2. The Bertz CT molecular complexity index is 1460. The van der Waals surface area contributed by atoms with E-state index in [0.717, 1.165) is 30.0 Å². The molecular formula is C30H33Cl2N3O4S. The van der Waals surface area contributed by atoms with Crippen LogP contribution in [0.15, 0.2) is 77.7 Å². The fraction of sp³-hybridized carbons (Fsp3) is 0.333. The van der Waals surface area contributed by atoms with Crippen LogP contribution in [0.5, 0.6) is 0 Å². The first-order chi connectivity index (χ1) is 19.1. The molecule has 10 heteroatoms. The SMILES string of the molecule is Cc1c(Cl)cccc1N(CC(=O)N(Cc1ccccc1Cl)[C@@H](C)C(=O)NC1CCCC1)S(=O)(=O)c1ccccc1. The van der Waals surface area contributed by atoms with Crippen LogP contribution < -0.4 is 9.62 Å². The van der Waals surface area contributed by atoms with Crippen molar-refractivity contribution in [2.45, 2.75) is 63.1 Å². The summed E-state index contributed by atoms with van der Waals surface area (Å²) in [6.45, 7) is 2.85. The summed E-state index contributed by atoms with van der Waals surface area (Å²) in [5.41, 5.74) is 1.45. The van der Waals surface area contributed by atoms with Crippen LogP contribution in [-0.2, 0) is 26.2 Å². The minimum Gasteiger partial charge on any atom is -0.352 e. The van der Waals surface area contributed by atoms with E-state index in [1.54, 1.807) is 74.5 Å². The molecule has 0 aromatic heterocycles. The molecule has 0 radical (unpaired) electrons. The Morgan fingerprint density at radius 1 is 0.925 bits per heavy atom. The van der Waals surface area contributed by atoms with Crippen molar-refractivity contribution in [3.8, 4) is 0 Å². The van der Waals surface area contributed by atoms with Gasteiger partial charge in [-0.1, -0.05) is 78.5 Å². The zero-order chi connectivity index (χ0) is 28.9.